The Morgan fingerprint density at radius 1 is 1.08 bits per heavy atom. The van der Waals surface area contributed by atoms with Crippen LogP contribution in [0.5, 0.6) is 5.75 Å². The number of piperidine rings is 1. The van der Waals surface area contributed by atoms with E-state index in [0.29, 0.717) is 62.8 Å². The summed E-state index contributed by atoms with van der Waals surface area (Å²) in [4.78, 5) is 6.15. The van der Waals surface area contributed by atoms with E-state index in [2.05, 4.69) is 9.88 Å². The van der Waals surface area contributed by atoms with Crippen molar-refractivity contribution in [2.45, 2.75) is 50.1 Å². The zero-order valence-corrected chi connectivity index (χ0v) is 20.4. The molecule has 0 aliphatic carbocycles. The number of likely N-dealkylation sites (tertiary alicyclic amines) is 1. The van der Waals surface area contributed by atoms with Gasteiger partial charge < -0.3 is 9.84 Å². The Morgan fingerprint density at radius 2 is 1.71 bits per heavy atom. The molecule has 198 valence electrons. The van der Waals surface area contributed by atoms with Crippen molar-refractivity contribution in [3.63, 3.8) is 0 Å². The van der Waals surface area contributed by atoms with Crippen molar-refractivity contribution in [2.75, 3.05) is 13.1 Å². The summed E-state index contributed by atoms with van der Waals surface area (Å²) in [5, 5.41) is 18.9. The summed E-state index contributed by atoms with van der Waals surface area (Å²) in [7, 11) is 0. The number of alkyl halides is 3. The molecule has 1 spiro atoms. The molecular formula is C28H24F5N3O2. The van der Waals surface area contributed by atoms with E-state index in [0.717, 1.165) is 29.8 Å². The summed E-state index contributed by atoms with van der Waals surface area (Å²) >= 11 is 0. The van der Waals surface area contributed by atoms with Crippen molar-refractivity contribution in [2.24, 2.45) is 0 Å². The van der Waals surface area contributed by atoms with Crippen molar-refractivity contribution in [3.8, 4) is 22.9 Å². The van der Waals surface area contributed by atoms with E-state index in [-0.39, 0.29) is 16.7 Å². The average molecular weight is 530 g/mol. The maximum Gasteiger partial charge on any atom is 0.421 e. The third-order valence-corrected chi connectivity index (χ3v) is 7.46. The molecule has 2 aliphatic rings. The lowest BCUT2D eigenvalue weighted by Gasteiger charge is -2.38. The fraction of sp³-hybridized carbons (Fsp3) is 0.357. The van der Waals surface area contributed by atoms with Crippen LogP contribution in [-0.2, 0) is 18.6 Å². The number of aliphatic hydroxyl groups is 1. The van der Waals surface area contributed by atoms with E-state index in [1.807, 2.05) is 6.07 Å². The van der Waals surface area contributed by atoms with Gasteiger partial charge in [0, 0.05) is 44.5 Å². The molecule has 10 heteroatoms. The minimum Gasteiger partial charge on any atom is -0.485 e. The number of nitrogens with zero attached hydrogens (tertiary/aromatic N) is 3. The number of rotatable bonds is 4. The van der Waals surface area contributed by atoms with Gasteiger partial charge in [-0.1, -0.05) is 24.3 Å². The molecule has 0 amide bonds. The number of nitriles is 1. The molecule has 1 unspecified atom stereocenters. The Morgan fingerprint density at radius 3 is 2.29 bits per heavy atom. The van der Waals surface area contributed by atoms with E-state index in [4.69, 9.17) is 10.00 Å². The molecule has 2 aliphatic heterocycles. The average Bonchev–Trinajstić information content (AvgIpc) is 3.21. The van der Waals surface area contributed by atoms with Gasteiger partial charge in [-0.3, -0.25) is 4.90 Å². The third kappa shape index (κ3) is 4.72. The van der Waals surface area contributed by atoms with Crippen LogP contribution < -0.4 is 4.74 Å². The Hall–Kier alpha value is -3.55. The fourth-order valence-electron chi connectivity index (χ4n) is 5.17. The van der Waals surface area contributed by atoms with Crippen molar-refractivity contribution in [1.82, 2.24) is 9.88 Å². The molecule has 5 rings (SSSR count). The van der Waals surface area contributed by atoms with E-state index in [1.54, 1.807) is 12.3 Å². The zero-order chi connectivity index (χ0) is 27.3. The predicted octanol–water partition coefficient (Wildman–Crippen LogP) is 5.64. The fourth-order valence-corrected chi connectivity index (χ4v) is 5.17. The number of hydrogen-bond donors (Lipinski definition) is 1. The first-order valence-corrected chi connectivity index (χ1v) is 12.1. The van der Waals surface area contributed by atoms with Gasteiger partial charge in [-0.15, -0.1) is 0 Å². The van der Waals surface area contributed by atoms with Gasteiger partial charge in [-0.25, -0.2) is 13.8 Å². The number of benzene rings is 2. The lowest BCUT2D eigenvalue weighted by molar-refractivity contribution is -0.258. The van der Waals surface area contributed by atoms with Gasteiger partial charge in [0.15, 0.2) is 5.60 Å². The smallest absolute Gasteiger partial charge is 0.421 e. The Labute approximate surface area is 216 Å². The Bertz CT molecular complexity index is 1380. The number of pyridine rings is 1. The van der Waals surface area contributed by atoms with Crippen molar-refractivity contribution in [1.29, 1.82) is 5.26 Å². The topological polar surface area (TPSA) is 69.4 Å². The molecule has 1 saturated heterocycles. The van der Waals surface area contributed by atoms with Crippen molar-refractivity contribution < 1.29 is 31.8 Å². The van der Waals surface area contributed by atoms with Crippen molar-refractivity contribution >= 4 is 0 Å². The molecular weight excluding hydrogens is 505 g/mol. The van der Waals surface area contributed by atoms with Gasteiger partial charge >= 0.3 is 6.18 Å². The second kappa shape index (κ2) is 9.33. The maximum absolute atomic E-state index is 15.0. The van der Waals surface area contributed by atoms with E-state index >= 15 is 0 Å². The molecule has 0 radical (unpaired) electrons. The van der Waals surface area contributed by atoms with Crippen molar-refractivity contribution in [3.05, 3.63) is 82.7 Å². The molecule has 5 nitrogen and oxygen atoms in total. The zero-order valence-electron chi connectivity index (χ0n) is 20.4. The second-order valence-corrected chi connectivity index (χ2v) is 10.1. The highest BCUT2D eigenvalue weighted by atomic mass is 19.4. The molecule has 0 saturated carbocycles. The van der Waals surface area contributed by atoms with Crippen LogP contribution in [0.25, 0.3) is 11.1 Å². The molecule has 38 heavy (non-hydrogen) atoms. The number of fused-ring (bicyclic) bond motifs is 1. The summed E-state index contributed by atoms with van der Waals surface area (Å²) in [6.45, 7) is 2.25. The Balaban J connectivity index is 1.26. The maximum atomic E-state index is 15.0. The lowest BCUT2D eigenvalue weighted by atomic mass is 9.87. The van der Waals surface area contributed by atoms with Gasteiger partial charge in [0.2, 0.25) is 0 Å². The standard InChI is InChI=1S/C28H24F5N3O2/c1-26(37,28(31,32)33)20-4-2-18(3-5-20)25-22(29)10-17(11-23(25)30)16-36-8-6-27(7-9-36)13-19-12-21(14-34)35-15-24(19)38-27/h2-5,10-12,15,37H,6-9,13,16H2,1H3. The molecule has 3 aromatic rings. The predicted molar refractivity (Wildman–Crippen MR) is 128 cm³/mol. The van der Waals surface area contributed by atoms with Crippen LogP contribution in [0, 0.1) is 23.0 Å². The first kappa shape index (κ1) is 26.1. The monoisotopic (exact) mass is 529 g/mol. The van der Waals surface area contributed by atoms with Crippen LogP contribution >= 0.6 is 0 Å². The number of halogens is 5. The highest BCUT2D eigenvalue weighted by molar-refractivity contribution is 5.66. The summed E-state index contributed by atoms with van der Waals surface area (Å²) < 4.78 is 75.4. The molecule has 1 N–H and O–H groups in total. The van der Waals surface area contributed by atoms with Crippen LogP contribution in [0.15, 0.2) is 48.7 Å². The molecule has 3 heterocycles. The second-order valence-electron chi connectivity index (χ2n) is 10.1. The largest absolute Gasteiger partial charge is 0.485 e. The summed E-state index contributed by atoms with van der Waals surface area (Å²) in [5.41, 5.74) is -2.41. The Kier molecular flexibility index (Phi) is 6.40. The van der Waals surface area contributed by atoms with Crippen LogP contribution in [0.2, 0.25) is 0 Å². The molecule has 1 fully saturated rings. The molecule has 0 bridgehead atoms. The quantitative estimate of drug-likeness (QED) is 0.443. The number of ether oxygens (including phenoxy) is 1. The normalized spacial score (nSPS) is 18.5. The molecule has 1 atom stereocenters. The summed E-state index contributed by atoms with van der Waals surface area (Å²) in [6, 6.07) is 10.6. The SMILES string of the molecule is CC(O)(c1ccc(-c2c(F)cc(CN3CCC4(CC3)Cc3cc(C#N)ncc3O4)cc2F)cc1)C(F)(F)F. The highest BCUT2D eigenvalue weighted by Gasteiger charge is 2.51. The van der Waals surface area contributed by atoms with Crippen LogP contribution in [0.3, 0.4) is 0 Å². The van der Waals surface area contributed by atoms with Gasteiger partial charge in [-0.2, -0.15) is 18.4 Å². The van der Waals surface area contributed by atoms with Crippen LogP contribution in [0.1, 0.15) is 42.1 Å². The third-order valence-electron chi connectivity index (χ3n) is 7.46. The van der Waals surface area contributed by atoms with Crippen LogP contribution in [0.4, 0.5) is 22.0 Å². The molecule has 2 aromatic carbocycles. The molecule has 1 aromatic heterocycles. The number of aromatic nitrogens is 1. The van der Waals surface area contributed by atoms with E-state index in [9.17, 15) is 27.1 Å². The van der Waals surface area contributed by atoms with Crippen LogP contribution in [-0.4, -0.2) is 39.9 Å². The minimum absolute atomic E-state index is 0.0696. The summed E-state index contributed by atoms with van der Waals surface area (Å²) in [6.07, 6.45) is -1.22. The van der Waals surface area contributed by atoms with E-state index in [1.165, 1.54) is 12.1 Å². The van der Waals surface area contributed by atoms with E-state index < -0.39 is 29.0 Å². The number of hydrogen-bond acceptors (Lipinski definition) is 5. The van der Waals surface area contributed by atoms with Gasteiger partial charge in [0.05, 0.1) is 11.8 Å². The highest BCUT2D eigenvalue weighted by Crippen LogP contribution is 2.42. The minimum atomic E-state index is -4.90. The first-order chi connectivity index (χ1) is 17.9. The lowest BCUT2D eigenvalue weighted by Crippen LogP contribution is -2.47. The first-order valence-electron chi connectivity index (χ1n) is 12.1. The van der Waals surface area contributed by atoms with Gasteiger partial charge in [0.25, 0.3) is 0 Å². The van der Waals surface area contributed by atoms with Gasteiger partial charge in [-0.05, 0) is 41.8 Å². The van der Waals surface area contributed by atoms with Gasteiger partial charge in [0.1, 0.15) is 34.7 Å². The summed E-state index contributed by atoms with van der Waals surface area (Å²) in [5.74, 6) is -0.953.